The quantitative estimate of drug-likeness (QED) is 0.367. The number of hydrogen-bond donors (Lipinski definition) is 2. The van der Waals surface area contributed by atoms with Crippen LogP contribution in [0.1, 0.15) is 37.3 Å². The van der Waals surface area contributed by atoms with E-state index >= 15 is 0 Å². The van der Waals surface area contributed by atoms with Gasteiger partial charge in [0.1, 0.15) is 0 Å². The lowest BCUT2D eigenvalue weighted by molar-refractivity contribution is 0.123. The van der Waals surface area contributed by atoms with Crippen LogP contribution in [-0.2, 0) is 17.8 Å². The maximum Gasteiger partial charge on any atom is 0.191 e. The normalized spacial score (nSPS) is 14.8. The van der Waals surface area contributed by atoms with Crippen molar-refractivity contribution in [1.29, 1.82) is 0 Å². The van der Waals surface area contributed by atoms with E-state index in [9.17, 15) is 0 Å². The Kier molecular flexibility index (Phi) is 8.77. The molecule has 2 N–H and O–H groups in total. The molecule has 0 aliphatic heterocycles. The highest BCUT2D eigenvalue weighted by molar-refractivity contribution is 5.79. The smallest absolute Gasteiger partial charge is 0.191 e. The van der Waals surface area contributed by atoms with Crippen molar-refractivity contribution < 1.29 is 4.74 Å². The highest BCUT2D eigenvalue weighted by atomic mass is 16.5. The summed E-state index contributed by atoms with van der Waals surface area (Å²) < 4.78 is 5.67. The Labute approximate surface area is 152 Å². The Balaban J connectivity index is 1.73. The van der Waals surface area contributed by atoms with Gasteiger partial charge in [0.05, 0.1) is 6.54 Å². The van der Waals surface area contributed by atoms with Gasteiger partial charge in [0.15, 0.2) is 5.96 Å². The van der Waals surface area contributed by atoms with E-state index in [4.69, 9.17) is 9.73 Å². The zero-order valence-corrected chi connectivity index (χ0v) is 16.1. The molecule has 0 atom stereocenters. The van der Waals surface area contributed by atoms with Crippen molar-refractivity contribution in [3.8, 4) is 0 Å². The molecule has 5 heteroatoms. The molecule has 1 aromatic rings. The van der Waals surface area contributed by atoms with Gasteiger partial charge in [-0.05, 0) is 57.3 Å². The highest BCUT2D eigenvalue weighted by Gasteiger charge is 2.20. The van der Waals surface area contributed by atoms with Crippen molar-refractivity contribution >= 4 is 5.96 Å². The van der Waals surface area contributed by atoms with E-state index in [2.05, 4.69) is 60.8 Å². The Bertz CT molecular complexity index is 526. The second-order valence-corrected chi connectivity index (χ2v) is 7.05. The monoisotopic (exact) mass is 346 g/mol. The van der Waals surface area contributed by atoms with Crippen molar-refractivity contribution in [2.24, 2.45) is 10.9 Å². The number of rotatable bonds is 11. The van der Waals surface area contributed by atoms with Crippen LogP contribution in [0, 0.1) is 5.92 Å². The molecule has 5 nitrogen and oxygen atoms in total. The van der Waals surface area contributed by atoms with Gasteiger partial charge in [-0.25, -0.2) is 4.99 Å². The van der Waals surface area contributed by atoms with Crippen LogP contribution in [0.3, 0.4) is 0 Å². The average molecular weight is 347 g/mol. The van der Waals surface area contributed by atoms with Crippen LogP contribution >= 0.6 is 0 Å². The summed E-state index contributed by atoms with van der Waals surface area (Å²) in [6.45, 7) is 7.26. The third-order valence-corrected chi connectivity index (χ3v) is 4.06. The van der Waals surface area contributed by atoms with E-state index in [-0.39, 0.29) is 0 Å². The summed E-state index contributed by atoms with van der Waals surface area (Å²) in [5.74, 6) is 1.72. The lowest BCUT2D eigenvalue weighted by atomic mass is 10.1. The maximum atomic E-state index is 5.67. The van der Waals surface area contributed by atoms with Gasteiger partial charge < -0.3 is 20.3 Å². The van der Waals surface area contributed by atoms with E-state index in [0.29, 0.717) is 6.54 Å². The topological polar surface area (TPSA) is 48.9 Å². The molecule has 0 aromatic heterocycles. The van der Waals surface area contributed by atoms with Gasteiger partial charge in [-0.3, -0.25) is 0 Å². The van der Waals surface area contributed by atoms with Crippen LogP contribution in [0.4, 0.5) is 0 Å². The number of benzene rings is 1. The molecule has 1 fully saturated rings. The first kappa shape index (κ1) is 19.7. The van der Waals surface area contributed by atoms with Gasteiger partial charge in [0.2, 0.25) is 0 Å². The molecule has 0 unspecified atom stereocenters. The second kappa shape index (κ2) is 11.1. The van der Waals surface area contributed by atoms with Gasteiger partial charge in [-0.2, -0.15) is 0 Å². The van der Waals surface area contributed by atoms with Crippen molar-refractivity contribution in [2.45, 2.75) is 39.3 Å². The standard InChI is InChI=1S/C20H34N4O/c1-4-21-20(22-11-6-12-25-16-17-9-10-17)23-14-18-7-5-8-19(13-18)15-24(2)3/h5,7-8,13,17H,4,6,9-12,14-16H2,1-3H3,(H2,21,22,23). The number of aliphatic imine (C=N–C) groups is 1. The van der Waals surface area contributed by atoms with E-state index in [1.807, 2.05) is 0 Å². The molecule has 2 rings (SSSR count). The van der Waals surface area contributed by atoms with Crippen molar-refractivity contribution in [3.63, 3.8) is 0 Å². The summed E-state index contributed by atoms with van der Waals surface area (Å²) >= 11 is 0. The largest absolute Gasteiger partial charge is 0.381 e. The van der Waals surface area contributed by atoms with Crippen LogP contribution < -0.4 is 10.6 Å². The summed E-state index contributed by atoms with van der Waals surface area (Å²) in [6.07, 6.45) is 3.71. The molecule has 1 aliphatic rings. The highest BCUT2D eigenvalue weighted by Crippen LogP contribution is 2.28. The fraction of sp³-hybridized carbons (Fsp3) is 0.650. The minimum atomic E-state index is 0.689. The fourth-order valence-electron chi connectivity index (χ4n) is 2.62. The van der Waals surface area contributed by atoms with Gasteiger partial charge in [-0.1, -0.05) is 24.3 Å². The predicted octanol–water partition coefficient (Wildman–Crippen LogP) is 2.62. The van der Waals surface area contributed by atoms with Crippen LogP contribution in [0.5, 0.6) is 0 Å². The van der Waals surface area contributed by atoms with Gasteiger partial charge >= 0.3 is 0 Å². The Morgan fingerprint density at radius 3 is 2.76 bits per heavy atom. The first-order valence-electron chi connectivity index (χ1n) is 9.50. The third kappa shape index (κ3) is 8.89. The van der Waals surface area contributed by atoms with Gasteiger partial charge in [-0.15, -0.1) is 0 Å². The fourth-order valence-corrected chi connectivity index (χ4v) is 2.62. The van der Waals surface area contributed by atoms with Gasteiger partial charge in [0, 0.05) is 32.8 Å². The number of nitrogens with zero attached hydrogens (tertiary/aromatic N) is 2. The molecule has 25 heavy (non-hydrogen) atoms. The number of ether oxygens (including phenoxy) is 1. The number of hydrogen-bond acceptors (Lipinski definition) is 3. The van der Waals surface area contributed by atoms with Crippen molar-refractivity contribution in [2.75, 3.05) is 40.4 Å². The summed E-state index contributed by atoms with van der Waals surface area (Å²) in [7, 11) is 4.18. The maximum absolute atomic E-state index is 5.67. The van der Waals surface area contributed by atoms with Crippen molar-refractivity contribution in [1.82, 2.24) is 15.5 Å². The SMILES string of the molecule is CCNC(=NCc1cccc(CN(C)C)c1)NCCCOCC1CC1. The first-order valence-corrected chi connectivity index (χ1v) is 9.50. The molecular weight excluding hydrogens is 312 g/mol. The Morgan fingerprint density at radius 1 is 1.24 bits per heavy atom. The van der Waals surface area contributed by atoms with Crippen LogP contribution in [0.2, 0.25) is 0 Å². The lowest BCUT2D eigenvalue weighted by Crippen LogP contribution is -2.38. The molecule has 0 heterocycles. The minimum Gasteiger partial charge on any atom is -0.381 e. The Hall–Kier alpha value is -1.59. The molecule has 0 bridgehead atoms. The second-order valence-electron chi connectivity index (χ2n) is 7.05. The molecule has 1 aromatic carbocycles. The lowest BCUT2D eigenvalue weighted by Gasteiger charge is -2.12. The van der Waals surface area contributed by atoms with Crippen LogP contribution in [0.15, 0.2) is 29.3 Å². The zero-order chi connectivity index (χ0) is 17.9. The molecule has 0 amide bonds. The molecule has 1 aliphatic carbocycles. The van der Waals surface area contributed by atoms with E-state index in [0.717, 1.165) is 51.1 Å². The van der Waals surface area contributed by atoms with Crippen molar-refractivity contribution in [3.05, 3.63) is 35.4 Å². The number of nitrogens with one attached hydrogen (secondary N) is 2. The van der Waals surface area contributed by atoms with Crippen LogP contribution in [-0.4, -0.2) is 51.3 Å². The number of guanidine groups is 1. The summed E-state index contributed by atoms with van der Waals surface area (Å²) in [5.41, 5.74) is 2.56. The summed E-state index contributed by atoms with van der Waals surface area (Å²) in [5, 5.41) is 6.70. The van der Waals surface area contributed by atoms with E-state index in [1.165, 1.54) is 24.0 Å². The average Bonchev–Trinajstić information content (AvgIpc) is 3.39. The van der Waals surface area contributed by atoms with E-state index in [1.54, 1.807) is 0 Å². The molecular formula is C20H34N4O. The van der Waals surface area contributed by atoms with Gasteiger partial charge in [0.25, 0.3) is 0 Å². The summed E-state index contributed by atoms with van der Waals surface area (Å²) in [4.78, 5) is 6.88. The molecule has 1 saturated carbocycles. The van der Waals surface area contributed by atoms with Crippen LogP contribution in [0.25, 0.3) is 0 Å². The minimum absolute atomic E-state index is 0.689. The zero-order valence-electron chi connectivity index (χ0n) is 16.1. The molecule has 140 valence electrons. The first-order chi connectivity index (χ1) is 12.2. The predicted molar refractivity (Wildman–Crippen MR) is 105 cm³/mol. The third-order valence-electron chi connectivity index (χ3n) is 4.06. The Morgan fingerprint density at radius 2 is 2.04 bits per heavy atom. The summed E-state index contributed by atoms with van der Waals surface area (Å²) in [6, 6.07) is 8.65. The van der Waals surface area contributed by atoms with E-state index < -0.39 is 0 Å². The molecule has 0 saturated heterocycles. The molecule has 0 radical (unpaired) electrons. The molecule has 0 spiro atoms.